The van der Waals surface area contributed by atoms with Crippen LogP contribution in [-0.4, -0.2) is 0 Å². The Labute approximate surface area is 129 Å². The van der Waals surface area contributed by atoms with E-state index in [1.807, 2.05) is 61.5 Å². The summed E-state index contributed by atoms with van der Waals surface area (Å²) in [5.74, 6) is 0. The standard InChI is InChI=1S/C18H12N4/c1-13-9-15(14-5-3-2-4-6-14)7-8-17(13)22-18(12-21)16(10-19)11-20/h2-9,22H,1H3. The summed E-state index contributed by atoms with van der Waals surface area (Å²) in [5, 5.41) is 29.6. The lowest BCUT2D eigenvalue weighted by Crippen LogP contribution is -2.02. The molecule has 2 aromatic carbocycles. The molecule has 0 amide bonds. The monoisotopic (exact) mass is 284 g/mol. The highest BCUT2D eigenvalue weighted by molar-refractivity contribution is 5.70. The third-order valence-corrected chi connectivity index (χ3v) is 3.18. The molecule has 1 N–H and O–H groups in total. The Balaban J connectivity index is 2.37. The van der Waals surface area contributed by atoms with Crippen molar-refractivity contribution in [2.24, 2.45) is 0 Å². The van der Waals surface area contributed by atoms with E-state index in [2.05, 4.69) is 5.32 Å². The van der Waals surface area contributed by atoms with Crippen LogP contribution in [0.4, 0.5) is 5.69 Å². The summed E-state index contributed by atoms with van der Waals surface area (Å²) in [6.07, 6.45) is 0. The highest BCUT2D eigenvalue weighted by Gasteiger charge is 2.08. The van der Waals surface area contributed by atoms with Gasteiger partial charge in [0.15, 0.2) is 5.57 Å². The quantitative estimate of drug-likeness (QED) is 0.866. The van der Waals surface area contributed by atoms with E-state index in [0.717, 1.165) is 16.7 Å². The fourth-order valence-electron chi connectivity index (χ4n) is 2.03. The molecule has 0 atom stereocenters. The van der Waals surface area contributed by atoms with Crippen molar-refractivity contribution in [2.45, 2.75) is 6.92 Å². The molecule has 0 heterocycles. The van der Waals surface area contributed by atoms with Crippen molar-refractivity contribution < 1.29 is 0 Å². The van der Waals surface area contributed by atoms with Crippen LogP contribution in [0.1, 0.15) is 5.56 Å². The lowest BCUT2D eigenvalue weighted by Gasteiger charge is -2.10. The summed E-state index contributed by atoms with van der Waals surface area (Å²) < 4.78 is 0. The molecule has 0 aliphatic carbocycles. The van der Waals surface area contributed by atoms with Gasteiger partial charge in [-0.25, -0.2) is 0 Å². The molecule has 4 heteroatoms. The van der Waals surface area contributed by atoms with Crippen LogP contribution in [0.5, 0.6) is 0 Å². The van der Waals surface area contributed by atoms with Crippen LogP contribution in [0.25, 0.3) is 11.1 Å². The summed E-state index contributed by atoms with van der Waals surface area (Å²) in [6, 6.07) is 21.0. The molecule has 104 valence electrons. The van der Waals surface area contributed by atoms with Gasteiger partial charge in [0.1, 0.15) is 23.9 Å². The maximum atomic E-state index is 9.07. The lowest BCUT2D eigenvalue weighted by molar-refractivity contribution is 1.35. The van der Waals surface area contributed by atoms with Crippen LogP contribution in [0.2, 0.25) is 0 Å². The van der Waals surface area contributed by atoms with Gasteiger partial charge >= 0.3 is 0 Å². The number of allylic oxidation sites excluding steroid dienone is 2. The van der Waals surface area contributed by atoms with E-state index in [-0.39, 0.29) is 11.3 Å². The molecule has 0 unspecified atom stereocenters. The maximum Gasteiger partial charge on any atom is 0.163 e. The summed E-state index contributed by atoms with van der Waals surface area (Å²) in [4.78, 5) is 0. The van der Waals surface area contributed by atoms with E-state index in [4.69, 9.17) is 15.8 Å². The molecule has 0 bridgehead atoms. The van der Waals surface area contributed by atoms with Gasteiger partial charge in [-0.2, -0.15) is 15.8 Å². The van der Waals surface area contributed by atoms with Crippen molar-refractivity contribution in [3.05, 3.63) is 65.4 Å². The Bertz CT molecular complexity index is 827. The molecular weight excluding hydrogens is 272 g/mol. The number of aryl methyl sites for hydroxylation is 1. The smallest absolute Gasteiger partial charge is 0.163 e. The van der Waals surface area contributed by atoms with Gasteiger partial charge < -0.3 is 5.32 Å². The topological polar surface area (TPSA) is 83.4 Å². The number of anilines is 1. The molecule has 0 spiro atoms. The molecule has 2 rings (SSSR count). The number of nitrogens with zero attached hydrogens (tertiary/aromatic N) is 3. The molecule has 0 saturated heterocycles. The third-order valence-electron chi connectivity index (χ3n) is 3.18. The van der Waals surface area contributed by atoms with Gasteiger partial charge in [0.2, 0.25) is 0 Å². The van der Waals surface area contributed by atoms with Crippen LogP contribution in [-0.2, 0) is 0 Å². The van der Waals surface area contributed by atoms with Gasteiger partial charge in [0.25, 0.3) is 0 Å². The number of nitrogens with one attached hydrogen (secondary N) is 1. The van der Waals surface area contributed by atoms with Gasteiger partial charge in [0, 0.05) is 5.69 Å². The van der Waals surface area contributed by atoms with Gasteiger partial charge in [-0.15, -0.1) is 0 Å². The second kappa shape index (κ2) is 6.75. The Morgan fingerprint density at radius 3 is 2.09 bits per heavy atom. The number of hydrogen-bond acceptors (Lipinski definition) is 4. The highest BCUT2D eigenvalue weighted by Crippen LogP contribution is 2.25. The van der Waals surface area contributed by atoms with Crippen LogP contribution in [0.3, 0.4) is 0 Å². The number of hydrogen-bond donors (Lipinski definition) is 1. The molecule has 0 fully saturated rings. The molecule has 0 aliphatic rings. The van der Waals surface area contributed by atoms with Gasteiger partial charge in [-0.05, 0) is 35.7 Å². The van der Waals surface area contributed by atoms with E-state index >= 15 is 0 Å². The Kier molecular flexibility index (Phi) is 4.56. The van der Waals surface area contributed by atoms with Crippen LogP contribution in [0, 0.1) is 40.9 Å². The normalized spacial score (nSPS) is 9.00. The van der Waals surface area contributed by atoms with Crippen molar-refractivity contribution in [3.63, 3.8) is 0 Å². The number of rotatable bonds is 3. The summed E-state index contributed by atoms with van der Waals surface area (Å²) >= 11 is 0. The zero-order chi connectivity index (χ0) is 15.9. The predicted molar refractivity (Wildman–Crippen MR) is 84.1 cm³/mol. The van der Waals surface area contributed by atoms with Crippen LogP contribution < -0.4 is 5.32 Å². The van der Waals surface area contributed by atoms with E-state index < -0.39 is 0 Å². The second-order valence-electron chi connectivity index (χ2n) is 4.61. The largest absolute Gasteiger partial charge is 0.345 e. The molecule has 0 saturated carbocycles. The Morgan fingerprint density at radius 1 is 0.864 bits per heavy atom. The zero-order valence-electron chi connectivity index (χ0n) is 12.0. The second-order valence-corrected chi connectivity index (χ2v) is 4.61. The van der Waals surface area contributed by atoms with Crippen molar-refractivity contribution in [1.29, 1.82) is 15.8 Å². The van der Waals surface area contributed by atoms with E-state index in [1.54, 1.807) is 12.1 Å². The molecule has 0 aromatic heterocycles. The van der Waals surface area contributed by atoms with E-state index in [9.17, 15) is 0 Å². The minimum Gasteiger partial charge on any atom is -0.345 e. The lowest BCUT2D eigenvalue weighted by atomic mass is 10.0. The summed E-state index contributed by atoms with van der Waals surface area (Å²) in [6.45, 7) is 1.90. The molecule has 22 heavy (non-hydrogen) atoms. The highest BCUT2D eigenvalue weighted by atomic mass is 14.9. The Morgan fingerprint density at radius 2 is 1.55 bits per heavy atom. The fraction of sp³-hybridized carbons (Fsp3) is 0.0556. The number of nitriles is 3. The molecular formula is C18H12N4. The van der Waals surface area contributed by atoms with Crippen molar-refractivity contribution in [3.8, 4) is 29.3 Å². The molecule has 0 radical (unpaired) electrons. The summed E-state index contributed by atoms with van der Waals surface area (Å²) in [7, 11) is 0. The first-order chi connectivity index (χ1) is 10.7. The first-order valence-corrected chi connectivity index (χ1v) is 6.57. The maximum absolute atomic E-state index is 9.07. The van der Waals surface area contributed by atoms with Crippen molar-refractivity contribution >= 4 is 5.69 Å². The van der Waals surface area contributed by atoms with Gasteiger partial charge in [-0.1, -0.05) is 36.4 Å². The zero-order valence-corrected chi connectivity index (χ0v) is 12.0. The van der Waals surface area contributed by atoms with Crippen molar-refractivity contribution in [1.82, 2.24) is 0 Å². The minimum absolute atomic E-state index is 0.0411. The van der Waals surface area contributed by atoms with Crippen LogP contribution in [0.15, 0.2) is 59.8 Å². The minimum atomic E-state index is -0.228. The summed E-state index contributed by atoms with van der Waals surface area (Å²) in [5.41, 5.74) is 3.51. The average Bonchev–Trinajstić information content (AvgIpc) is 2.57. The molecule has 2 aromatic rings. The molecule has 0 aliphatic heterocycles. The molecule has 4 nitrogen and oxygen atoms in total. The number of benzene rings is 2. The average molecular weight is 284 g/mol. The first-order valence-electron chi connectivity index (χ1n) is 6.57. The fourth-order valence-corrected chi connectivity index (χ4v) is 2.03. The third kappa shape index (κ3) is 3.12. The van der Waals surface area contributed by atoms with E-state index in [1.165, 1.54) is 0 Å². The van der Waals surface area contributed by atoms with Gasteiger partial charge in [-0.3, -0.25) is 0 Å². The van der Waals surface area contributed by atoms with Gasteiger partial charge in [0.05, 0.1) is 0 Å². The van der Waals surface area contributed by atoms with Crippen LogP contribution >= 0.6 is 0 Å². The van der Waals surface area contributed by atoms with Crippen molar-refractivity contribution in [2.75, 3.05) is 5.32 Å². The first kappa shape index (κ1) is 14.9. The Hall–Kier alpha value is -3.55. The SMILES string of the molecule is Cc1cc(-c2ccccc2)ccc1NC(C#N)=C(C#N)C#N. The van der Waals surface area contributed by atoms with E-state index in [0.29, 0.717) is 5.69 Å². The predicted octanol–water partition coefficient (Wildman–Crippen LogP) is 3.90.